The van der Waals surface area contributed by atoms with E-state index in [1.807, 2.05) is 0 Å². The zero-order valence-corrected chi connectivity index (χ0v) is 12.8. The molecular weight excluding hydrogens is 258 g/mol. The summed E-state index contributed by atoms with van der Waals surface area (Å²) in [5.74, 6) is 1.70. The van der Waals surface area contributed by atoms with Crippen LogP contribution in [0.2, 0.25) is 0 Å². The maximum absolute atomic E-state index is 5.58. The molecule has 110 valence electrons. The topological polar surface area (TPSA) is 21.3 Å². The van der Waals surface area contributed by atoms with Crippen LogP contribution < -0.4 is 10.1 Å². The maximum atomic E-state index is 5.58. The van der Waals surface area contributed by atoms with Crippen LogP contribution in [0.5, 0.6) is 5.75 Å². The molecule has 1 heterocycles. The molecule has 1 atom stereocenters. The monoisotopic (exact) mass is 281 g/mol. The van der Waals surface area contributed by atoms with Crippen LogP contribution in [0.1, 0.15) is 37.4 Å². The van der Waals surface area contributed by atoms with Gasteiger partial charge in [-0.15, -0.1) is 0 Å². The molecule has 0 saturated carbocycles. The van der Waals surface area contributed by atoms with Crippen molar-refractivity contribution in [2.75, 3.05) is 11.9 Å². The van der Waals surface area contributed by atoms with Crippen molar-refractivity contribution in [3.8, 4) is 5.75 Å². The number of hydrogen-bond donors (Lipinski definition) is 1. The third-order valence-electron chi connectivity index (χ3n) is 3.94. The molecule has 1 unspecified atom stereocenters. The molecule has 0 radical (unpaired) electrons. The number of hydrogen-bond acceptors (Lipinski definition) is 2. The van der Waals surface area contributed by atoms with Crippen LogP contribution in [0.15, 0.2) is 48.5 Å². The number of nitrogens with one attached hydrogen (secondary N) is 1. The Morgan fingerprint density at radius 1 is 1.10 bits per heavy atom. The van der Waals surface area contributed by atoms with E-state index in [0.29, 0.717) is 12.0 Å². The number of fused-ring (bicyclic) bond motifs is 1. The van der Waals surface area contributed by atoms with Crippen LogP contribution in [0, 0.1) is 5.92 Å². The molecule has 3 rings (SSSR count). The highest BCUT2D eigenvalue weighted by atomic mass is 16.5. The van der Waals surface area contributed by atoms with Crippen molar-refractivity contribution in [3.63, 3.8) is 0 Å². The highest BCUT2D eigenvalue weighted by molar-refractivity contribution is 5.53. The lowest BCUT2D eigenvalue weighted by molar-refractivity contribution is 0.357. The number of ether oxygens (including phenoxy) is 1. The van der Waals surface area contributed by atoms with Crippen molar-refractivity contribution in [3.05, 3.63) is 59.7 Å². The average Bonchev–Trinajstić information content (AvgIpc) is 2.94. The van der Waals surface area contributed by atoms with E-state index in [0.717, 1.165) is 25.2 Å². The number of benzene rings is 2. The van der Waals surface area contributed by atoms with Gasteiger partial charge in [0.05, 0.1) is 12.6 Å². The van der Waals surface area contributed by atoms with E-state index in [1.165, 1.54) is 16.8 Å². The van der Waals surface area contributed by atoms with Gasteiger partial charge in [0.1, 0.15) is 5.75 Å². The molecule has 21 heavy (non-hydrogen) atoms. The molecule has 2 aromatic rings. The summed E-state index contributed by atoms with van der Waals surface area (Å²) >= 11 is 0. The molecule has 2 aromatic carbocycles. The average molecular weight is 281 g/mol. The van der Waals surface area contributed by atoms with Gasteiger partial charge in [-0.3, -0.25) is 0 Å². The standard InChI is InChI=1S/C19H23NO/c1-14(2)12-18(15-6-4-3-5-7-15)20-17-8-9-19-16(13-17)10-11-21-19/h3-9,13-14,18,20H,10-12H2,1-2H3. The van der Waals surface area contributed by atoms with E-state index < -0.39 is 0 Å². The fourth-order valence-electron chi connectivity index (χ4n) is 2.91. The molecule has 0 bridgehead atoms. The molecule has 0 fully saturated rings. The van der Waals surface area contributed by atoms with Gasteiger partial charge in [0.25, 0.3) is 0 Å². The Labute approximate surface area is 127 Å². The van der Waals surface area contributed by atoms with E-state index in [9.17, 15) is 0 Å². The Morgan fingerprint density at radius 3 is 2.67 bits per heavy atom. The fraction of sp³-hybridized carbons (Fsp3) is 0.368. The Hall–Kier alpha value is -1.96. The van der Waals surface area contributed by atoms with Crippen LogP contribution in [0.3, 0.4) is 0 Å². The van der Waals surface area contributed by atoms with Gasteiger partial charge in [0, 0.05) is 12.1 Å². The Bertz CT molecular complexity index is 592. The highest BCUT2D eigenvalue weighted by Gasteiger charge is 2.16. The smallest absolute Gasteiger partial charge is 0.122 e. The van der Waals surface area contributed by atoms with E-state index in [4.69, 9.17) is 4.74 Å². The SMILES string of the molecule is CC(C)CC(Nc1ccc2c(c1)CCO2)c1ccccc1. The molecule has 2 nitrogen and oxygen atoms in total. The molecule has 1 N–H and O–H groups in total. The van der Waals surface area contributed by atoms with Crippen LogP contribution >= 0.6 is 0 Å². The zero-order valence-electron chi connectivity index (χ0n) is 12.8. The Morgan fingerprint density at radius 2 is 1.90 bits per heavy atom. The minimum atomic E-state index is 0.353. The van der Waals surface area contributed by atoms with E-state index >= 15 is 0 Å². The lowest BCUT2D eigenvalue weighted by Gasteiger charge is -2.22. The van der Waals surface area contributed by atoms with Gasteiger partial charge in [-0.1, -0.05) is 44.2 Å². The minimum Gasteiger partial charge on any atom is -0.493 e. The first kappa shape index (κ1) is 14.0. The molecule has 2 heteroatoms. The summed E-state index contributed by atoms with van der Waals surface area (Å²) in [6.45, 7) is 5.36. The van der Waals surface area contributed by atoms with Gasteiger partial charge in [0.15, 0.2) is 0 Å². The van der Waals surface area contributed by atoms with E-state index in [-0.39, 0.29) is 0 Å². The highest BCUT2D eigenvalue weighted by Crippen LogP contribution is 2.31. The van der Waals surface area contributed by atoms with Gasteiger partial charge in [0.2, 0.25) is 0 Å². The van der Waals surface area contributed by atoms with Crippen LogP contribution in [-0.2, 0) is 6.42 Å². The zero-order chi connectivity index (χ0) is 14.7. The molecule has 0 saturated heterocycles. The van der Waals surface area contributed by atoms with Crippen molar-refractivity contribution in [2.45, 2.75) is 32.7 Å². The summed E-state index contributed by atoms with van der Waals surface area (Å²) in [7, 11) is 0. The van der Waals surface area contributed by atoms with Crippen molar-refractivity contribution < 1.29 is 4.74 Å². The van der Waals surface area contributed by atoms with Gasteiger partial charge < -0.3 is 10.1 Å². The second kappa shape index (κ2) is 6.21. The van der Waals surface area contributed by atoms with Crippen LogP contribution in [-0.4, -0.2) is 6.61 Å². The molecule has 0 aromatic heterocycles. The number of rotatable bonds is 5. The first-order valence-corrected chi connectivity index (χ1v) is 7.79. The lowest BCUT2D eigenvalue weighted by Crippen LogP contribution is -2.13. The molecular formula is C19H23NO. The van der Waals surface area contributed by atoms with E-state index in [1.54, 1.807) is 0 Å². The first-order chi connectivity index (χ1) is 10.2. The summed E-state index contributed by atoms with van der Waals surface area (Å²) in [4.78, 5) is 0. The molecule has 0 aliphatic carbocycles. The summed E-state index contributed by atoms with van der Waals surface area (Å²) < 4.78 is 5.58. The predicted molar refractivity (Wildman–Crippen MR) is 87.9 cm³/mol. The summed E-state index contributed by atoms with van der Waals surface area (Å²) in [5, 5.41) is 3.70. The lowest BCUT2D eigenvalue weighted by atomic mass is 9.96. The van der Waals surface area contributed by atoms with Crippen molar-refractivity contribution >= 4 is 5.69 Å². The largest absolute Gasteiger partial charge is 0.493 e. The van der Waals surface area contributed by atoms with Gasteiger partial charge in [-0.25, -0.2) is 0 Å². The molecule has 0 amide bonds. The fourth-order valence-corrected chi connectivity index (χ4v) is 2.91. The third kappa shape index (κ3) is 3.38. The Kier molecular flexibility index (Phi) is 4.14. The summed E-state index contributed by atoms with van der Waals surface area (Å²) in [6.07, 6.45) is 2.14. The quantitative estimate of drug-likeness (QED) is 0.848. The van der Waals surface area contributed by atoms with Crippen molar-refractivity contribution in [1.29, 1.82) is 0 Å². The minimum absolute atomic E-state index is 0.353. The predicted octanol–water partition coefficient (Wildman–Crippen LogP) is 4.82. The molecule has 0 spiro atoms. The summed E-state index contributed by atoms with van der Waals surface area (Å²) in [5.41, 5.74) is 3.85. The van der Waals surface area contributed by atoms with Crippen LogP contribution in [0.25, 0.3) is 0 Å². The van der Waals surface area contributed by atoms with Crippen LogP contribution in [0.4, 0.5) is 5.69 Å². The summed E-state index contributed by atoms with van der Waals surface area (Å²) in [6, 6.07) is 17.5. The van der Waals surface area contributed by atoms with Gasteiger partial charge in [-0.2, -0.15) is 0 Å². The first-order valence-electron chi connectivity index (χ1n) is 7.79. The normalized spacial score (nSPS) is 14.6. The van der Waals surface area contributed by atoms with Crippen molar-refractivity contribution in [1.82, 2.24) is 0 Å². The van der Waals surface area contributed by atoms with Gasteiger partial charge in [-0.05, 0) is 41.7 Å². The second-order valence-electron chi connectivity index (χ2n) is 6.16. The van der Waals surface area contributed by atoms with Crippen molar-refractivity contribution in [2.24, 2.45) is 5.92 Å². The second-order valence-corrected chi connectivity index (χ2v) is 6.16. The Balaban J connectivity index is 1.81. The third-order valence-corrected chi connectivity index (χ3v) is 3.94. The number of anilines is 1. The van der Waals surface area contributed by atoms with E-state index in [2.05, 4.69) is 67.7 Å². The maximum Gasteiger partial charge on any atom is 0.122 e. The van der Waals surface area contributed by atoms with Gasteiger partial charge >= 0.3 is 0 Å². The molecule has 1 aliphatic rings. The molecule has 1 aliphatic heterocycles.